The Hall–Kier alpha value is -2.08. The predicted octanol–water partition coefficient (Wildman–Crippen LogP) is 6.17. The van der Waals surface area contributed by atoms with E-state index >= 15 is 0 Å². The molecule has 1 aliphatic rings. The van der Waals surface area contributed by atoms with E-state index in [1.165, 1.54) is 33.0 Å². The van der Waals surface area contributed by atoms with Crippen LogP contribution in [0.5, 0.6) is 0 Å². The highest BCUT2D eigenvalue weighted by molar-refractivity contribution is 5.97. The van der Waals surface area contributed by atoms with Crippen LogP contribution >= 0.6 is 0 Å². The third-order valence-corrected chi connectivity index (χ3v) is 4.44. The Morgan fingerprint density at radius 1 is 0.667 bits per heavy atom. The van der Waals surface area contributed by atoms with Crippen molar-refractivity contribution in [2.75, 3.05) is 0 Å². The minimum absolute atomic E-state index is 0.0901. The van der Waals surface area contributed by atoms with Gasteiger partial charge in [0.15, 0.2) is 0 Å². The Bertz CT molecular complexity index is 794. The number of hydrogen-bond donors (Lipinski definition) is 0. The summed E-state index contributed by atoms with van der Waals surface area (Å²) in [6.07, 6.45) is 0. The van der Waals surface area contributed by atoms with E-state index in [-0.39, 0.29) is 5.41 Å². The van der Waals surface area contributed by atoms with Gasteiger partial charge in [-0.25, -0.2) is 0 Å². The van der Waals surface area contributed by atoms with Gasteiger partial charge < -0.3 is 0 Å². The van der Waals surface area contributed by atoms with Crippen LogP contribution in [0.1, 0.15) is 38.8 Å². The monoisotopic (exact) mass is 274 g/mol. The predicted molar refractivity (Wildman–Crippen MR) is 92.9 cm³/mol. The van der Waals surface area contributed by atoms with Gasteiger partial charge in [-0.15, -0.1) is 0 Å². The van der Waals surface area contributed by atoms with Crippen LogP contribution < -0.4 is 0 Å². The van der Waals surface area contributed by atoms with E-state index in [0.717, 1.165) is 0 Å². The van der Waals surface area contributed by atoms with Crippen molar-refractivity contribution in [1.82, 2.24) is 0 Å². The fourth-order valence-electron chi connectivity index (χ4n) is 3.57. The molecule has 0 spiro atoms. The Morgan fingerprint density at radius 3 is 2.14 bits per heavy atom. The third-order valence-electron chi connectivity index (χ3n) is 4.44. The maximum Gasteiger partial charge on any atom is 0.0165 e. The van der Waals surface area contributed by atoms with Crippen LogP contribution in [0.4, 0.5) is 0 Å². The van der Waals surface area contributed by atoms with E-state index in [2.05, 4.69) is 74.5 Å². The van der Waals surface area contributed by atoms with Crippen molar-refractivity contribution < 1.29 is 0 Å². The van der Waals surface area contributed by atoms with Crippen molar-refractivity contribution in [2.45, 2.75) is 33.1 Å². The van der Waals surface area contributed by atoms with Crippen molar-refractivity contribution >= 4 is 10.8 Å². The zero-order valence-corrected chi connectivity index (χ0v) is 13.3. The molecule has 0 N–H and O–H groups in total. The summed E-state index contributed by atoms with van der Waals surface area (Å²) in [4.78, 5) is 0. The summed E-state index contributed by atoms with van der Waals surface area (Å²) in [7, 11) is 0. The Morgan fingerprint density at radius 2 is 1.33 bits per heavy atom. The van der Waals surface area contributed by atoms with Crippen LogP contribution in [-0.4, -0.2) is 0 Å². The fraction of sp³-hybridized carbons (Fsp3) is 0.238. The van der Waals surface area contributed by atoms with Crippen LogP contribution in [-0.2, 0) is 5.41 Å². The molecule has 0 radical (unpaired) electrons. The lowest BCUT2D eigenvalue weighted by atomic mass is 9.80. The molecule has 3 aromatic carbocycles. The zero-order valence-electron chi connectivity index (χ0n) is 13.3. The van der Waals surface area contributed by atoms with Gasteiger partial charge in [-0.3, -0.25) is 0 Å². The molecule has 1 aliphatic carbocycles. The second-order valence-corrected chi connectivity index (χ2v) is 5.88. The summed E-state index contributed by atoms with van der Waals surface area (Å²) in [6.45, 7) is 8.67. The van der Waals surface area contributed by atoms with Crippen molar-refractivity contribution in [3.05, 3.63) is 71.8 Å². The van der Waals surface area contributed by atoms with Gasteiger partial charge in [-0.1, -0.05) is 88.4 Å². The van der Waals surface area contributed by atoms with Crippen molar-refractivity contribution in [3.8, 4) is 11.1 Å². The van der Waals surface area contributed by atoms with E-state index in [1.807, 2.05) is 13.8 Å². The molecule has 106 valence electrons. The maximum absolute atomic E-state index is 2.34. The Labute approximate surface area is 127 Å². The number of benzene rings is 3. The Kier molecular flexibility index (Phi) is 3.33. The summed E-state index contributed by atoms with van der Waals surface area (Å²) in [5.74, 6) is 0. The third kappa shape index (κ3) is 1.90. The highest BCUT2D eigenvalue weighted by atomic mass is 14.4. The molecule has 0 unspecified atom stereocenters. The van der Waals surface area contributed by atoms with Crippen molar-refractivity contribution in [3.63, 3.8) is 0 Å². The minimum Gasteiger partial charge on any atom is -0.0683 e. The molecule has 0 heteroatoms. The van der Waals surface area contributed by atoms with Gasteiger partial charge in [0.05, 0.1) is 0 Å². The number of fused-ring (bicyclic) bond motifs is 5. The van der Waals surface area contributed by atoms with Crippen molar-refractivity contribution in [1.29, 1.82) is 0 Å². The molecule has 0 saturated carbocycles. The van der Waals surface area contributed by atoms with E-state index < -0.39 is 0 Å². The molecular weight excluding hydrogens is 252 g/mol. The van der Waals surface area contributed by atoms with E-state index in [9.17, 15) is 0 Å². The summed E-state index contributed by atoms with van der Waals surface area (Å²) < 4.78 is 0. The first-order valence-corrected chi connectivity index (χ1v) is 7.82. The molecular formula is C21H22. The Balaban J connectivity index is 0.000000636. The highest BCUT2D eigenvalue weighted by Gasteiger charge is 2.36. The van der Waals surface area contributed by atoms with Gasteiger partial charge in [-0.05, 0) is 33.0 Å². The van der Waals surface area contributed by atoms with Crippen LogP contribution in [0, 0.1) is 0 Å². The van der Waals surface area contributed by atoms with Gasteiger partial charge in [0.1, 0.15) is 0 Å². The lowest BCUT2D eigenvalue weighted by molar-refractivity contribution is 0.666. The SMILES string of the molecule is CC.CC1(C)c2ccccc2-c2ccc3ccccc3c21. The summed E-state index contributed by atoms with van der Waals surface area (Å²) >= 11 is 0. The average Bonchev–Trinajstić information content (AvgIpc) is 2.78. The van der Waals surface area contributed by atoms with E-state index in [0.29, 0.717) is 0 Å². The van der Waals surface area contributed by atoms with Crippen LogP contribution in [0.25, 0.3) is 21.9 Å². The first kappa shape index (κ1) is 13.9. The molecule has 21 heavy (non-hydrogen) atoms. The number of rotatable bonds is 0. The van der Waals surface area contributed by atoms with Crippen molar-refractivity contribution in [2.24, 2.45) is 0 Å². The summed E-state index contributed by atoms with van der Waals surface area (Å²) in [6, 6.07) is 22.0. The van der Waals surface area contributed by atoms with Gasteiger partial charge in [0, 0.05) is 5.41 Å². The summed E-state index contributed by atoms with van der Waals surface area (Å²) in [5.41, 5.74) is 5.81. The van der Waals surface area contributed by atoms with Gasteiger partial charge >= 0.3 is 0 Å². The zero-order chi connectivity index (χ0) is 15.0. The molecule has 0 aromatic heterocycles. The molecule has 4 rings (SSSR count). The van der Waals surface area contributed by atoms with Gasteiger partial charge in [-0.2, -0.15) is 0 Å². The molecule has 3 aromatic rings. The first-order valence-electron chi connectivity index (χ1n) is 7.82. The molecule has 0 aliphatic heterocycles. The molecule has 0 saturated heterocycles. The maximum atomic E-state index is 2.34. The fourth-order valence-corrected chi connectivity index (χ4v) is 3.57. The smallest absolute Gasteiger partial charge is 0.0165 e. The van der Waals surface area contributed by atoms with Gasteiger partial charge in [0.2, 0.25) is 0 Å². The quantitative estimate of drug-likeness (QED) is 0.459. The molecule has 0 heterocycles. The topological polar surface area (TPSA) is 0 Å². The molecule has 0 fully saturated rings. The minimum atomic E-state index is 0.0901. The van der Waals surface area contributed by atoms with Crippen LogP contribution in [0.15, 0.2) is 60.7 Å². The second-order valence-electron chi connectivity index (χ2n) is 5.88. The molecule has 0 bridgehead atoms. The lowest BCUT2D eigenvalue weighted by Crippen LogP contribution is -2.15. The summed E-state index contributed by atoms with van der Waals surface area (Å²) in [5, 5.41) is 2.73. The molecule has 0 atom stereocenters. The average molecular weight is 274 g/mol. The molecule has 0 nitrogen and oxygen atoms in total. The standard InChI is InChI=1S/C19H16.C2H6/c1-19(2)17-10-6-5-9-15(17)16-12-11-13-7-3-4-8-14(13)18(16)19;1-2/h3-12H,1-2H3;1-2H3. The normalized spacial score (nSPS) is 14.1. The van der Waals surface area contributed by atoms with Gasteiger partial charge in [0.25, 0.3) is 0 Å². The second kappa shape index (κ2) is 5.04. The van der Waals surface area contributed by atoms with Crippen LogP contribution in [0.3, 0.4) is 0 Å². The first-order chi connectivity index (χ1) is 10.2. The van der Waals surface area contributed by atoms with Crippen LogP contribution in [0.2, 0.25) is 0 Å². The largest absolute Gasteiger partial charge is 0.0683 e. The lowest BCUT2D eigenvalue weighted by Gasteiger charge is -2.23. The molecule has 0 amide bonds. The van der Waals surface area contributed by atoms with E-state index in [1.54, 1.807) is 0 Å². The van der Waals surface area contributed by atoms with E-state index in [4.69, 9.17) is 0 Å². The number of hydrogen-bond acceptors (Lipinski definition) is 0. The highest BCUT2D eigenvalue weighted by Crippen LogP contribution is 2.50.